The molecule has 0 aliphatic carbocycles. The van der Waals surface area contributed by atoms with Crippen molar-refractivity contribution in [3.8, 4) is 11.5 Å². The minimum absolute atomic E-state index is 0. The fraction of sp³-hybridized carbons (Fsp3) is 0.175. The third-order valence-corrected chi connectivity index (χ3v) is 27.1. The number of aryl methyl sites for hydroxylation is 1. The van der Waals surface area contributed by atoms with Gasteiger partial charge in [-0.2, -0.15) is 0 Å². The summed E-state index contributed by atoms with van der Waals surface area (Å²) in [4.78, 5) is -0.178. The van der Waals surface area contributed by atoms with Gasteiger partial charge in [-0.05, 0) is 162 Å². The number of hydrogen-bond donors (Lipinski definition) is 0. The SMILES string of the molecule is CC(C)(C)c1cc([PH+](c2ccccc2)c2ccccc2)c(OCCOc2c([PH+](c3ccccc3)c3ccccc3)cc(C(C)(C)C)cc2[PH+](c2ccccc2)c2ccccc2)c([PH+](c2ccccc2)c2ccccc2)c1.Cc1ccc(S(=O)(=O)[O-])cc1.ClC(Cl)Cl.ClC(Cl)Cl.ClC(Cl)Cl.[Cu+].[Cu+].[O-][Cl+3]([O-])([O-])[O-]. The number of halogens is 10. The average Bonchev–Trinajstić information content (AvgIpc) is 0.759. The van der Waals surface area contributed by atoms with Gasteiger partial charge >= 0.3 is 34.1 Å². The van der Waals surface area contributed by atoms with E-state index in [1.807, 2.05) is 6.92 Å². The zero-order valence-corrected chi connectivity index (χ0v) is 72.6. The topological polar surface area (TPSA) is 168 Å². The van der Waals surface area contributed by atoms with Crippen LogP contribution in [0.25, 0.3) is 0 Å². The molecule has 0 atom stereocenters. The zero-order valence-electron chi connectivity index (χ0n) is 58.3. The van der Waals surface area contributed by atoms with E-state index >= 15 is 0 Å². The van der Waals surface area contributed by atoms with E-state index in [0.717, 1.165) is 17.1 Å². The van der Waals surface area contributed by atoms with Gasteiger partial charge in [0.2, 0.25) is 11.5 Å². The van der Waals surface area contributed by atoms with Crippen molar-refractivity contribution < 1.29 is 85.5 Å². The molecular weight excluding hydrogens is 1740 g/mol. The van der Waals surface area contributed by atoms with Gasteiger partial charge in [0, 0.05) is 0 Å². The molecule has 0 fully saturated rings. The Hall–Kier alpha value is -3.57. The van der Waals surface area contributed by atoms with Crippen molar-refractivity contribution in [1.82, 2.24) is 0 Å². The predicted octanol–water partition coefficient (Wildman–Crippen LogP) is 13.8. The summed E-state index contributed by atoms with van der Waals surface area (Å²) in [7, 11) is -15.7. The quantitative estimate of drug-likeness (QED) is 0.0267. The molecule has 568 valence electrons. The molecule has 0 aliphatic rings. The van der Waals surface area contributed by atoms with Gasteiger partial charge in [0.25, 0.3) is 0 Å². The molecule has 11 rings (SSSR count). The number of rotatable bonds is 18. The van der Waals surface area contributed by atoms with E-state index in [0.29, 0.717) is 13.2 Å². The first-order chi connectivity index (χ1) is 49.2. The van der Waals surface area contributed by atoms with E-state index in [9.17, 15) is 13.0 Å². The molecule has 26 heteroatoms. The van der Waals surface area contributed by atoms with Crippen LogP contribution in [0.5, 0.6) is 11.5 Å². The smallest absolute Gasteiger partial charge is 0.744 e. The second-order valence-electron chi connectivity index (χ2n) is 24.8. The minimum atomic E-state index is -4.94. The van der Waals surface area contributed by atoms with Crippen LogP contribution in [0.1, 0.15) is 58.2 Å². The Labute approximate surface area is 698 Å². The second kappa shape index (κ2) is 47.1. The van der Waals surface area contributed by atoms with Crippen LogP contribution in [-0.2, 0) is 55.1 Å². The zero-order chi connectivity index (χ0) is 76.2. The van der Waals surface area contributed by atoms with Crippen molar-refractivity contribution >= 4 is 210 Å². The standard InChI is InChI=1S/C70H66O2P4.C7H8O3S.3CHCl3.ClHO4.2Cu/c1-69(2,3)53-49-63(73(55-31-15-7-16-32-55)56-33-17-8-18-34-56)67(64(50-53)74(57-35-19-9-20-36-57)58-37-21-10-22-38-58)71-47-48-72-68-65(75(59-39-23-11-24-40-59)60-41-25-12-26-42-60)51-54(70(4,5)6)52-66(68)76(61-43-27-13-28-44-61)62-45-29-14-30-46-62;1-6-2-4-7(5-3-6)11(8,9)10;3*2-1(3)4;2-1(3,4)5;;/h7-46,49-52H,47-48H2,1-6H3;2-5H,1H3,(H,8,9,10);3*1H;(H,2,3,4,5);;/q;;;;;;2*+1/p+2. The van der Waals surface area contributed by atoms with Gasteiger partial charge in [0.1, 0.15) is 119 Å². The number of benzene rings is 11. The van der Waals surface area contributed by atoms with Crippen LogP contribution in [0.2, 0.25) is 0 Å². The summed E-state index contributed by atoms with van der Waals surface area (Å²) in [6, 6.07) is 105. The van der Waals surface area contributed by atoms with Gasteiger partial charge in [-0.25, -0.2) is 27.1 Å². The summed E-state index contributed by atoms with van der Waals surface area (Å²) in [6.45, 7) is 16.6. The Morgan fingerprint density at radius 2 is 0.500 bits per heavy atom. The third kappa shape index (κ3) is 32.3. The summed E-state index contributed by atoms with van der Waals surface area (Å²) in [6.07, 6.45) is 0. The monoisotopic (exact) mass is 1820 g/mol. The second-order valence-corrected chi connectivity index (χ2v) is 42.7. The minimum Gasteiger partial charge on any atom is -0.744 e. The summed E-state index contributed by atoms with van der Waals surface area (Å²) in [5, 5.41) is 15.7. The molecule has 106 heavy (non-hydrogen) atoms. The van der Waals surface area contributed by atoms with Gasteiger partial charge in [-0.15, -0.1) is 10.2 Å². The van der Waals surface area contributed by atoms with E-state index in [-0.39, 0.29) is 49.9 Å². The van der Waals surface area contributed by atoms with Crippen LogP contribution in [0, 0.1) is 17.2 Å². The first-order valence-corrected chi connectivity index (χ1v) is 44.8. The van der Waals surface area contributed by atoms with Crippen LogP contribution >= 0.6 is 136 Å². The molecule has 0 N–H and O–H groups in total. The third-order valence-electron chi connectivity index (χ3n) is 15.4. The molecule has 11 aromatic carbocycles. The van der Waals surface area contributed by atoms with Crippen LogP contribution < -0.4 is 91.8 Å². The van der Waals surface area contributed by atoms with Gasteiger partial charge in [-0.3, -0.25) is 0 Å². The Bertz CT molecular complexity index is 3800. The van der Waals surface area contributed by atoms with Crippen molar-refractivity contribution in [2.75, 3.05) is 13.2 Å². The fourth-order valence-electron chi connectivity index (χ4n) is 10.9. The van der Waals surface area contributed by atoms with Gasteiger partial charge in [0.05, 0.1) is 4.90 Å². The molecule has 0 aromatic heterocycles. The Balaban J connectivity index is 0.000000671. The maximum absolute atomic E-state index is 10.4. The molecule has 0 amide bonds. The van der Waals surface area contributed by atoms with E-state index in [1.54, 1.807) is 12.1 Å². The molecule has 0 radical (unpaired) electrons. The van der Waals surface area contributed by atoms with Crippen molar-refractivity contribution in [3.05, 3.63) is 308 Å². The normalized spacial score (nSPS) is 11.3. The van der Waals surface area contributed by atoms with Crippen LogP contribution in [0.15, 0.2) is 296 Å². The van der Waals surface area contributed by atoms with Crippen LogP contribution in [0.4, 0.5) is 0 Å². The first-order valence-electron chi connectivity index (χ1n) is 32.2. The Kier molecular flexibility index (Phi) is 42.1. The molecule has 0 aliphatic heterocycles. The van der Waals surface area contributed by atoms with E-state index in [4.69, 9.17) is 133 Å². The molecule has 0 spiro atoms. The van der Waals surface area contributed by atoms with Crippen molar-refractivity contribution in [3.63, 3.8) is 0 Å². The first kappa shape index (κ1) is 94.8. The summed E-state index contributed by atoms with van der Waals surface area (Å²) in [5.74, 6) is 1.97. The molecule has 9 nitrogen and oxygen atoms in total. The number of ether oxygens (including phenoxy) is 2. The molecular formula is C80H80Cl10Cu2O9P4S+4. The largest absolute Gasteiger partial charge is 1.00 e. The fourth-order valence-corrected chi connectivity index (χ4v) is 22.6. The maximum atomic E-state index is 10.4. The summed E-state index contributed by atoms with van der Waals surface area (Å²) >= 11 is 43.3. The van der Waals surface area contributed by atoms with Gasteiger partial charge in [-0.1, -0.05) is 309 Å². The van der Waals surface area contributed by atoms with Crippen LogP contribution in [0.3, 0.4) is 0 Å². The Morgan fingerprint density at radius 3 is 0.642 bits per heavy atom. The van der Waals surface area contributed by atoms with Crippen molar-refractivity contribution in [2.45, 2.75) is 77.1 Å². The molecule has 0 heterocycles. The van der Waals surface area contributed by atoms with E-state index in [1.165, 1.54) is 86.9 Å². The molecule has 0 saturated carbocycles. The maximum Gasteiger partial charge on any atom is 1.00 e. The van der Waals surface area contributed by atoms with Crippen LogP contribution in [-0.4, -0.2) is 39.1 Å². The summed E-state index contributed by atoms with van der Waals surface area (Å²) < 4.78 is 78.2. The molecule has 0 bridgehead atoms. The van der Waals surface area contributed by atoms with Gasteiger partial charge in [0.15, 0.2) is 12.9 Å². The molecule has 11 aromatic rings. The number of alkyl halides is 9. The van der Waals surface area contributed by atoms with Crippen molar-refractivity contribution in [1.29, 1.82) is 0 Å². The van der Waals surface area contributed by atoms with E-state index < -0.39 is 64.9 Å². The summed E-state index contributed by atoms with van der Waals surface area (Å²) in [5.41, 5.74) is 3.28. The van der Waals surface area contributed by atoms with Crippen molar-refractivity contribution in [2.24, 2.45) is 0 Å². The molecule has 0 saturated heterocycles. The van der Waals surface area contributed by atoms with E-state index in [2.05, 4.69) is 308 Å². The average molecular weight is 1820 g/mol. The molecule has 0 unspecified atom stereocenters. The number of hydrogen-bond acceptors (Lipinski definition) is 9. The Morgan fingerprint density at radius 1 is 0.340 bits per heavy atom. The van der Waals surface area contributed by atoms with Gasteiger partial charge < -0.3 is 14.0 Å². The predicted molar refractivity (Wildman–Crippen MR) is 445 cm³/mol.